The quantitative estimate of drug-likeness (QED) is 0.229. The number of benzene rings is 3. The maximum absolute atomic E-state index is 12.9. The van der Waals surface area contributed by atoms with Crippen LogP contribution in [0.15, 0.2) is 85.1 Å². The van der Waals surface area contributed by atoms with E-state index in [1.54, 1.807) is 24.4 Å². The minimum atomic E-state index is -0.705. The van der Waals surface area contributed by atoms with Gasteiger partial charge in [0.15, 0.2) is 0 Å². The van der Waals surface area contributed by atoms with Crippen molar-refractivity contribution in [2.45, 2.75) is 45.1 Å². The average molecular weight is 615 g/mol. The molecule has 11 heteroatoms. The summed E-state index contributed by atoms with van der Waals surface area (Å²) in [7, 11) is 0. The Morgan fingerprint density at radius 2 is 1.61 bits per heavy atom. The highest BCUT2D eigenvalue weighted by molar-refractivity contribution is 6.07. The standard InChI is InChI=1S/C35H30N6O5/c42-30-14-13-29(34(45)39-30)41-19-24-16-23(11-12-25(24)35(41)46)33(44)38-18-22-9-7-21(8-10-22)17-37-31(43)20-40-28-6-2-1-4-26(28)27-5-3-15-36-32(27)40/h1-12,15-16,29H,13-14,17-20H2,(H,37,43)(H,38,44)(H,39,42,45). The number of pyridine rings is 1. The molecular weight excluding hydrogens is 584 g/mol. The van der Waals surface area contributed by atoms with Crippen LogP contribution >= 0.6 is 0 Å². The maximum Gasteiger partial charge on any atom is 0.255 e. The fourth-order valence-corrected chi connectivity index (χ4v) is 6.21. The van der Waals surface area contributed by atoms with Crippen LogP contribution in [0.25, 0.3) is 21.9 Å². The van der Waals surface area contributed by atoms with Crippen molar-refractivity contribution in [1.82, 2.24) is 30.4 Å². The Hall–Kier alpha value is -5.84. The number of piperidine rings is 1. The molecule has 3 aromatic carbocycles. The predicted octanol–water partition coefficient (Wildman–Crippen LogP) is 3.20. The van der Waals surface area contributed by atoms with E-state index < -0.39 is 11.9 Å². The molecule has 0 aliphatic carbocycles. The smallest absolute Gasteiger partial charge is 0.255 e. The van der Waals surface area contributed by atoms with Gasteiger partial charge in [-0.05, 0) is 59.5 Å². The number of hydrogen-bond acceptors (Lipinski definition) is 6. The number of fused-ring (bicyclic) bond motifs is 4. The Balaban J connectivity index is 0.927. The molecule has 0 spiro atoms. The van der Waals surface area contributed by atoms with Gasteiger partial charge >= 0.3 is 0 Å². The molecule has 0 saturated carbocycles. The lowest BCUT2D eigenvalue weighted by molar-refractivity contribution is -0.137. The summed E-state index contributed by atoms with van der Waals surface area (Å²) in [5, 5.41) is 10.3. The topological polar surface area (TPSA) is 142 Å². The van der Waals surface area contributed by atoms with E-state index in [9.17, 15) is 24.0 Å². The Labute approximate surface area is 263 Å². The molecule has 7 rings (SSSR count). The molecule has 11 nitrogen and oxygen atoms in total. The molecule has 46 heavy (non-hydrogen) atoms. The lowest BCUT2D eigenvalue weighted by Crippen LogP contribution is -2.52. The molecule has 2 aromatic heterocycles. The van der Waals surface area contributed by atoms with Crippen molar-refractivity contribution in [1.29, 1.82) is 0 Å². The zero-order valence-corrected chi connectivity index (χ0v) is 24.8. The second-order valence-electron chi connectivity index (χ2n) is 11.5. The number of carbonyl (C=O) groups is 5. The molecular formula is C35H30N6O5. The first-order valence-electron chi connectivity index (χ1n) is 15.1. The van der Waals surface area contributed by atoms with Crippen LogP contribution in [-0.2, 0) is 40.6 Å². The first-order valence-corrected chi connectivity index (χ1v) is 15.1. The molecule has 3 N–H and O–H groups in total. The van der Waals surface area contributed by atoms with Crippen LogP contribution in [0.3, 0.4) is 0 Å². The van der Waals surface area contributed by atoms with Gasteiger partial charge in [-0.1, -0.05) is 42.5 Å². The molecule has 0 bridgehead atoms. The molecule has 1 unspecified atom stereocenters. The SMILES string of the molecule is O=C(Cn1c2ccccc2c2cccnc21)NCc1ccc(CNC(=O)c2ccc3c(c2)CN(C2CCC(=O)NC2=O)C3=O)cc1. The van der Waals surface area contributed by atoms with Gasteiger partial charge in [0.05, 0.1) is 5.52 Å². The molecule has 5 aromatic rings. The second-order valence-corrected chi connectivity index (χ2v) is 11.5. The maximum atomic E-state index is 12.9. The monoisotopic (exact) mass is 614 g/mol. The number of amides is 5. The number of carbonyl (C=O) groups excluding carboxylic acids is 5. The second kappa shape index (κ2) is 11.9. The molecule has 1 fully saturated rings. The fraction of sp³-hybridized carbons (Fsp3) is 0.200. The van der Waals surface area contributed by atoms with E-state index in [1.165, 1.54) is 4.90 Å². The summed E-state index contributed by atoms with van der Waals surface area (Å²) < 4.78 is 1.93. The van der Waals surface area contributed by atoms with Gasteiger partial charge in [0.2, 0.25) is 17.7 Å². The van der Waals surface area contributed by atoms with E-state index in [2.05, 4.69) is 20.9 Å². The van der Waals surface area contributed by atoms with Crippen LogP contribution in [-0.4, -0.2) is 50.0 Å². The minimum absolute atomic E-state index is 0.124. The first kappa shape index (κ1) is 28.9. The summed E-state index contributed by atoms with van der Waals surface area (Å²) >= 11 is 0. The van der Waals surface area contributed by atoms with E-state index in [4.69, 9.17) is 0 Å². The number of nitrogens with one attached hydrogen (secondary N) is 3. The van der Waals surface area contributed by atoms with Crippen molar-refractivity contribution in [2.75, 3.05) is 0 Å². The van der Waals surface area contributed by atoms with Crippen LogP contribution in [0.4, 0.5) is 0 Å². The zero-order chi connectivity index (χ0) is 31.8. The summed E-state index contributed by atoms with van der Waals surface area (Å²) in [5.41, 5.74) is 5.08. The average Bonchev–Trinajstić information content (AvgIpc) is 3.57. The number of hydrogen-bond donors (Lipinski definition) is 3. The minimum Gasteiger partial charge on any atom is -0.350 e. The van der Waals surface area contributed by atoms with Gasteiger partial charge in [-0.2, -0.15) is 0 Å². The van der Waals surface area contributed by atoms with E-state index in [-0.39, 0.29) is 49.6 Å². The molecule has 2 aliphatic heterocycles. The molecule has 2 aliphatic rings. The van der Waals surface area contributed by atoms with Crippen LogP contribution in [0.1, 0.15) is 50.2 Å². The predicted molar refractivity (Wildman–Crippen MR) is 169 cm³/mol. The lowest BCUT2D eigenvalue weighted by atomic mass is 10.0. The van der Waals surface area contributed by atoms with Gasteiger partial charge in [0.1, 0.15) is 18.2 Å². The van der Waals surface area contributed by atoms with E-state index in [0.717, 1.165) is 33.1 Å². The number of nitrogens with zero attached hydrogens (tertiary/aromatic N) is 3. The molecule has 1 saturated heterocycles. The van der Waals surface area contributed by atoms with Crippen molar-refractivity contribution in [3.8, 4) is 0 Å². The Morgan fingerprint density at radius 3 is 2.39 bits per heavy atom. The number of rotatable bonds is 8. The highest BCUT2D eigenvalue weighted by atomic mass is 16.2. The Bertz CT molecular complexity index is 2000. The van der Waals surface area contributed by atoms with E-state index in [1.807, 2.05) is 65.2 Å². The molecule has 5 amide bonds. The van der Waals surface area contributed by atoms with Gasteiger partial charge in [-0.3, -0.25) is 29.3 Å². The lowest BCUT2D eigenvalue weighted by Gasteiger charge is -2.29. The zero-order valence-electron chi connectivity index (χ0n) is 24.8. The molecule has 230 valence electrons. The molecule has 4 heterocycles. The third kappa shape index (κ3) is 5.47. The van der Waals surface area contributed by atoms with Crippen molar-refractivity contribution < 1.29 is 24.0 Å². The summed E-state index contributed by atoms with van der Waals surface area (Å²) in [6, 6.07) is 23.7. The van der Waals surface area contributed by atoms with Gasteiger partial charge in [-0.25, -0.2) is 4.98 Å². The fourth-order valence-electron chi connectivity index (χ4n) is 6.21. The van der Waals surface area contributed by atoms with Gasteiger partial charge in [0.25, 0.3) is 11.8 Å². The van der Waals surface area contributed by atoms with Crippen molar-refractivity contribution in [2.24, 2.45) is 0 Å². The number of imide groups is 1. The van der Waals surface area contributed by atoms with Crippen LogP contribution < -0.4 is 16.0 Å². The summed E-state index contributed by atoms with van der Waals surface area (Å²) in [6.45, 7) is 1.01. The van der Waals surface area contributed by atoms with Crippen LogP contribution in [0.5, 0.6) is 0 Å². The summed E-state index contributed by atoms with van der Waals surface area (Å²) in [4.78, 5) is 68.5. The molecule has 0 radical (unpaired) electrons. The van der Waals surface area contributed by atoms with Gasteiger partial charge in [0, 0.05) is 54.2 Å². The summed E-state index contributed by atoms with van der Waals surface area (Å²) in [5.74, 6) is -1.50. The highest BCUT2D eigenvalue weighted by Gasteiger charge is 2.39. The number of para-hydroxylation sites is 1. The molecule has 1 atom stereocenters. The van der Waals surface area contributed by atoms with Crippen molar-refractivity contribution >= 4 is 51.5 Å². The van der Waals surface area contributed by atoms with E-state index in [0.29, 0.717) is 29.8 Å². The largest absolute Gasteiger partial charge is 0.350 e. The Morgan fingerprint density at radius 1 is 0.870 bits per heavy atom. The van der Waals surface area contributed by atoms with Crippen LogP contribution in [0.2, 0.25) is 0 Å². The first-order chi connectivity index (χ1) is 22.4. The van der Waals surface area contributed by atoms with E-state index >= 15 is 0 Å². The van der Waals surface area contributed by atoms with Crippen molar-refractivity contribution in [3.63, 3.8) is 0 Å². The highest BCUT2D eigenvalue weighted by Crippen LogP contribution is 2.29. The van der Waals surface area contributed by atoms with Gasteiger partial charge in [-0.15, -0.1) is 0 Å². The number of aromatic nitrogens is 2. The van der Waals surface area contributed by atoms with Crippen molar-refractivity contribution in [3.05, 3.63) is 113 Å². The Kier molecular flexibility index (Phi) is 7.49. The summed E-state index contributed by atoms with van der Waals surface area (Å²) in [6.07, 6.45) is 2.19. The normalized spacial score (nSPS) is 16.0. The third-order valence-corrected chi connectivity index (χ3v) is 8.58. The van der Waals surface area contributed by atoms with Gasteiger partial charge < -0.3 is 20.1 Å². The van der Waals surface area contributed by atoms with Crippen LogP contribution in [0, 0.1) is 0 Å². The third-order valence-electron chi connectivity index (χ3n) is 8.58.